The number of rotatable bonds is 7. The summed E-state index contributed by atoms with van der Waals surface area (Å²) < 4.78 is 0. The number of amides is 1. The lowest BCUT2D eigenvalue weighted by Gasteiger charge is -2.39. The van der Waals surface area contributed by atoms with E-state index in [1.807, 2.05) is 6.20 Å². The third-order valence-corrected chi connectivity index (χ3v) is 8.04. The van der Waals surface area contributed by atoms with Crippen molar-refractivity contribution in [2.75, 3.05) is 49.5 Å². The van der Waals surface area contributed by atoms with Crippen molar-refractivity contribution in [2.45, 2.75) is 96.6 Å². The van der Waals surface area contributed by atoms with Gasteiger partial charge in [-0.05, 0) is 57.6 Å². The molecule has 1 aromatic heterocycles. The molecule has 190 valence electrons. The van der Waals surface area contributed by atoms with E-state index in [0.717, 1.165) is 76.7 Å². The van der Waals surface area contributed by atoms with Crippen LogP contribution in [-0.2, 0) is 4.79 Å². The zero-order valence-electron chi connectivity index (χ0n) is 21.6. The number of piperidine rings is 1. The number of anilines is 2. The van der Waals surface area contributed by atoms with E-state index in [-0.39, 0.29) is 5.92 Å². The van der Waals surface area contributed by atoms with Crippen LogP contribution in [0.3, 0.4) is 0 Å². The summed E-state index contributed by atoms with van der Waals surface area (Å²) in [6, 6.07) is 3.02. The third kappa shape index (κ3) is 6.83. The van der Waals surface area contributed by atoms with Crippen molar-refractivity contribution in [2.24, 2.45) is 5.92 Å². The summed E-state index contributed by atoms with van der Waals surface area (Å²) in [6.07, 6.45) is 15.0. The molecule has 3 fully saturated rings. The summed E-state index contributed by atoms with van der Waals surface area (Å²) in [5.41, 5.74) is 0. The molecule has 0 radical (unpaired) electrons. The van der Waals surface area contributed by atoms with Crippen LogP contribution in [0.15, 0.2) is 12.3 Å². The molecule has 0 saturated carbocycles. The summed E-state index contributed by atoms with van der Waals surface area (Å²) in [5, 5.41) is 3.69. The first-order valence-corrected chi connectivity index (χ1v) is 14.0. The van der Waals surface area contributed by atoms with Crippen LogP contribution in [-0.4, -0.2) is 77.0 Å². The molecule has 1 N–H and O–H groups in total. The largest absolute Gasteiger partial charge is 0.356 e. The highest BCUT2D eigenvalue weighted by molar-refractivity contribution is 5.78. The lowest BCUT2D eigenvalue weighted by atomic mass is 9.99. The van der Waals surface area contributed by atoms with Gasteiger partial charge >= 0.3 is 0 Å². The minimum absolute atomic E-state index is 0.165. The maximum atomic E-state index is 12.7. The Morgan fingerprint density at radius 1 is 1.03 bits per heavy atom. The summed E-state index contributed by atoms with van der Waals surface area (Å²) in [7, 11) is 0. The van der Waals surface area contributed by atoms with Gasteiger partial charge in [-0.15, -0.1) is 0 Å². The Morgan fingerprint density at radius 2 is 1.76 bits per heavy atom. The number of carbonyl (C=O) groups is 1. The molecular formula is C27H46N6O. The molecule has 4 rings (SSSR count). The zero-order chi connectivity index (χ0) is 23.8. The number of nitrogens with zero attached hydrogens (tertiary/aromatic N) is 5. The van der Waals surface area contributed by atoms with Gasteiger partial charge in [-0.1, -0.05) is 39.5 Å². The first-order valence-electron chi connectivity index (χ1n) is 14.0. The molecule has 0 aromatic carbocycles. The second-order valence-electron chi connectivity index (χ2n) is 10.7. The number of nitrogens with one attached hydrogen (secondary N) is 1. The Bertz CT molecular complexity index is 757. The van der Waals surface area contributed by atoms with Crippen LogP contribution in [0, 0.1) is 5.92 Å². The van der Waals surface area contributed by atoms with Gasteiger partial charge in [0, 0.05) is 56.9 Å². The van der Waals surface area contributed by atoms with Crippen LogP contribution in [0.25, 0.3) is 0 Å². The molecule has 0 spiro atoms. The maximum Gasteiger partial charge on any atom is 0.225 e. The second kappa shape index (κ2) is 12.7. The van der Waals surface area contributed by atoms with E-state index in [4.69, 9.17) is 4.98 Å². The van der Waals surface area contributed by atoms with Crippen LogP contribution >= 0.6 is 0 Å². The van der Waals surface area contributed by atoms with Gasteiger partial charge in [0.1, 0.15) is 5.82 Å². The topological polar surface area (TPSA) is 64.6 Å². The average molecular weight is 471 g/mol. The summed E-state index contributed by atoms with van der Waals surface area (Å²) in [6.45, 7) is 10.5. The molecule has 3 saturated heterocycles. The summed E-state index contributed by atoms with van der Waals surface area (Å²) in [5.74, 6) is 2.37. The van der Waals surface area contributed by atoms with Crippen molar-refractivity contribution in [3.8, 4) is 0 Å². The SMILES string of the molecule is CCCC(C)C(=O)N1CCC(N2CCCCC(Nc3nccc(N4CCCCCC4)n3)C2)CC1. The Balaban J connectivity index is 1.31. The number of carbonyl (C=O) groups excluding carboxylic acids is 1. The van der Waals surface area contributed by atoms with Crippen molar-refractivity contribution in [1.82, 2.24) is 19.8 Å². The predicted molar refractivity (Wildman–Crippen MR) is 139 cm³/mol. The average Bonchev–Trinajstić information content (AvgIpc) is 3.28. The standard InChI is InChI=1S/C27H46N6O/c1-3-10-22(2)26(34)32-19-13-24(14-20-32)33-18-9-6-11-23(21-33)29-27-28-15-12-25(30-27)31-16-7-4-5-8-17-31/h12,15,22-24H,3-11,13-14,16-21H2,1-2H3,(H,28,29,30). The smallest absolute Gasteiger partial charge is 0.225 e. The van der Waals surface area contributed by atoms with Gasteiger partial charge in [-0.2, -0.15) is 4.98 Å². The van der Waals surface area contributed by atoms with Gasteiger partial charge in [-0.25, -0.2) is 4.98 Å². The minimum atomic E-state index is 0.165. The quantitative estimate of drug-likeness (QED) is 0.631. The number of aromatic nitrogens is 2. The molecule has 34 heavy (non-hydrogen) atoms. The first-order chi connectivity index (χ1) is 16.6. The fourth-order valence-electron chi connectivity index (χ4n) is 6.02. The lowest BCUT2D eigenvalue weighted by molar-refractivity contribution is -0.136. The van der Waals surface area contributed by atoms with E-state index in [1.54, 1.807) is 0 Å². The highest BCUT2D eigenvalue weighted by atomic mass is 16.2. The van der Waals surface area contributed by atoms with E-state index >= 15 is 0 Å². The van der Waals surface area contributed by atoms with Gasteiger partial charge in [0.25, 0.3) is 0 Å². The summed E-state index contributed by atoms with van der Waals surface area (Å²) in [4.78, 5) is 29.4. The second-order valence-corrected chi connectivity index (χ2v) is 10.7. The van der Waals surface area contributed by atoms with E-state index in [0.29, 0.717) is 18.0 Å². The Labute approximate surface area is 206 Å². The van der Waals surface area contributed by atoms with Gasteiger partial charge in [0.15, 0.2) is 0 Å². The van der Waals surface area contributed by atoms with Crippen LogP contribution in [0.5, 0.6) is 0 Å². The maximum absolute atomic E-state index is 12.7. The van der Waals surface area contributed by atoms with Gasteiger partial charge < -0.3 is 15.1 Å². The number of hydrogen-bond donors (Lipinski definition) is 1. The van der Waals surface area contributed by atoms with Gasteiger partial charge in [0.05, 0.1) is 0 Å². The van der Waals surface area contributed by atoms with E-state index in [9.17, 15) is 4.79 Å². The molecule has 0 bridgehead atoms. The first kappa shape index (κ1) is 25.2. The van der Waals surface area contributed by atoms with Crippen molar-refractivity contribution < 1.29 is 4.79 Å². The Morgan fingerprint density at radius 3 is 2.50 bits per heavy atom. The third-order valence-electron chi connectivity index (χ3n) is 8.04. The van der Waals surface area contributed by atoms with Crippen molar-refractivity contribution >= 4 is 17.7 Å². The normalized spacial score (nSPS) is 24.4. The highest BCUT2D eigenvalue weighted by Gasteiger charge is 2.30. The lowest BCUT2D eigenvalue weighted by Crippen LogP contribution is -2.50. The fourth-order valence-corrected chi connectivity index (χ4v) is 6.02. The van der Waals surface area contributed by atoms with Crippen molar-refractivity contribution in [3.63, 3.8) is 0 Å². The van der Waals surface area contributed by atoms with Crippen molar-refractivity contribution in [3.05, 3.63) is 12.3 Å². The van der Waals surface area contributed by atoms with Crippen LogP contribution in [0.4, 0.5) is 11.8 Å². The molecule has 2 unspecified atom stereocenters. The number of hydrogen-bond acceptors (Lipinski definition) is 6. The monoisotopic (exact) mass is 470 g/mol. The molecule has 1 aromatic rings. The molecule has 3 aliphatic heterocycles. The van der Waals surface area contributed by atoms with Gasteiger partial charge in [-0.3, -0.25) is 9.69 Å². The Kier molecular flexibility index (Phi) is 9.42. The Hall–Kier alpha value is -1.89. The van der Waals surface area contributed by atoms with Crippen molar-refractivity contribution in [1.29, 1.82) is 0 Å². The van der Waals surface area contributed by atoms with E-state index in [2.05, 4.69) is 44.9 Å². The number of likely N-dealkylation sites (tertiary alicyclic amines) is 2. The summed E-state index contributed by atoms with van der Waals surface area (Å²) >= 11 is 0. The molecule has 1 amide bonds. The fraction of sp³-hybridized carbons (Fsp3) is 0.815. The molecule has 4 heterocycles. The highest BCUT2D eigenvalue weighted by Crippen LogP contribution is 2.24. The van der Waals surface area contributed by atoms with Crippen LogP contribution < -0.4 is 10.2 Å². The molecule has 3 aliphatic rings. The van der Waals surface area contributed by atoms with Gasteiger partial charge in [0.2, 0.25) is 11.9 Å². The minimum Gasteiger partial charge on any atom is -0.356 e. The molecule has 7 heteroatoms. The van der Waals surface area contributed by atoms with E-state index < -0.39 is 0 Å². The predicted octanol–water partition coefficient (Wildman–Crippen LogP) is 4.55. The zero-order valence-corrected chi connectivity index (χ0v) is 21.6. The molecule has 0 aliphatic carbocycles. The molecule has 2 atom stereocenters. The molecule has 7 nitrogen and oxygen atoms in total. The van der Waals surface area contributed by atoms with Crippen LogP contribution in [0.1, 0.15) is 84.5 Å². The van der Waals surface area contributed by atoms with E-state index in [1.165, 1.54) is 44.9 Å². The molecular weight excluding hydrogens is 424 g/mol. The van der Waals surface area contributed by atoms with Crippen LogP contribution in [0.2, 0.25) is 0 Å².